The molecule has 0 saturated carbocycles. The Balaban J connectivity index is 2.86. The summed E-state index contributed by atoms with van der Waals surface area (Å²) in [6.45, 7) is 7.77. The summed E-state index contributed by atoms with van der Waals surface area (Å²) in [5.41, 5.74) is 0. The average Bonchev–Trinajstić information content (AvgIpc) is 2.42. The van der Waals surface area contributed by atoms with Crippen LogP contribution in [0, 0.1) is 0 Å². The number of hydrogen-bond donors (Lipinski definition) is 4. The minimum absolute atomic E-state index is 0.117. The number of anilines is 2. The third-order valence-corrected chi connectivity index (χ3v) is 3.36. The Morgan fingerprint density at radius 1 is 1.22 bits per heavy atom. The summed E-state index contributed by atoms with van der Waals surface area (Å²) in [6.07, 6.45) is 0. The first-order valence-corrected chi connectivity index (χ1v) is 8.19. The minimum Gasteiger partial charge on any atom is -0.480 e. The second-order valence-electron chi connectivity index (χ2n) is 5.00. The van der Waals surface area contributed by atoms with Crippen molar-refractivity contribution >= 4 is 35.5 Å². The molecule has 9 nitrogen and oxygen atoms in total. The molecule has 1 aromatic rings. The molecule has 1 atom stereocenters. The molecule has 0 spiro atoms. The highest BCUT2D eigenvalue weighted by molar-refractivity contribution is 7.99. The van der Waals surface area contributed by atoms with Gasteiger partial charge in [-0.25, -0.2) is 4.79 Å². The molecule has 0 bridgehead atoms. The minimum atomic E-state index is -1.10. The SMILES string of the molecule is CCNc1nc(NC(C)C)nc(SCC(NC(C)=O)C(=O)O)n1. The zero-order valence-corrected chi connectivity index (χ0v) is 14.4. The number of carbonyl (C=O) groups is 2. The van der Waals surface area contributed by atoms with Crippen molar-refractivity contribution in [2.45, 2.75) is 44.9 Å². The van der Waals surface area contributed by atoms with Gasteiger partial charge in [0.2, 0.25) is 17.8 Å². The molecular weight excluding hydrogens is 320 g/mol. The van der Waals surface area contributed by atoms with Gasteiger partial charge in [0.05, 0.1) is 0 Å². The van der Waals surface area contributed by atoms with Crippen LogP contribution in [-0.2, 0) is 9.59 Å². The number of rotatable bonds is 9. The van der Waals surface area contributed by atoms with Crippen LogP contribution >= 0.6 is 11.8 Å². The van der Waals surface area contributed by atoms with Gasteiger partial charge in [-0.1, -0.05) is 11.8 Å². The predicted octanol–water partition coefficient (Wildman–Crippen LogP) is 0.805. The first kappa shape index (κ1) is 18.9. The first-order chi connectivity index (χ1) is 10.8. The first-order valence-electron chi connectivity index (χ1n) is 7.21. The van der Waals surface area contributed by atoms with Crippen LogP contribution in [0.25, 0.3) is 0 Å². The molecule has 0 aliphatic heterocycles. The molecule has 0 fully saturated rings. The van der Waals surface area contributed by atoms with Crippen molar-refractivity contribution in [3.8, 4) is 0 Å². The number of thioether (sulfide) groups is 1. The van der Waals surface area contributed by atoms with Gasteiger partial charge in [-0.05, 0) is 20.8 Å². The van der Waals surface area contributed by atoms with E-state index in [1.807, 2.05) is 20.8 Å². The van der Waals surface area contributed by atoms with Crippen LogP contribution in [-0.4, -0.2) is 56.3 Å². The number of carbonyl (C=O) groups excluding carboxylic acids is 1. The number of nitrogens with zero attached hydrogens (tertiary/aromatic N) is 3. The third kappa shape index (κ3) is 7.13. The van der Waals surface area contributed by atoms with Gasteiger partial charge in [0, 0.05) is 25.3 Å². The molecule has 0 saturated heterocycles. The lowest BCUT2D eigenvalue weighted by molar-refractivity contribution is -0.140. The van der Waals surface area contributed by atoms with E-state index in [2.05, 4.69) is 30.9 Å². The van der Waals surface area contributed by atoms with E-state index >= 15 is 0 Å². The van der Waals surface area contributed by atoms with Crippen molar-refractivity contribution in [3.05, 3.63) is 0 Å². The second kappa shape index (κ2) is 9.13. The molecule has 10 heteroatoms. The number of amides is 1. The topological polar surface area (TPSA) is 129 Å². The second-order valence-corrected chi connectivity index (χ2v) is 5.98. The molecule has 1 amide bonds. The lowest BCUT2D eigenvalue weighted by atomic mass is 10.3. The number of carboxylic acids is 1. The van der Waals surface area contributed by atoms with Gasteiger partial charge in [0.1, 0.15) is 6.04 Å². The summed E-state index contributed by atoms with van der Waals surface area (Å²) in [6, 6.07) is -0.853. The summed E-state index contributed by atoms with van der Waals surface area (Å²) in [5.74, 6) is -0.552. The lowest BCUT2D eigenvalue weighted by Gasteiger charge is -2.14. The maximum absolute atomic E-state index is 11.1. The smallest absolute Gasteiger partial charge is 0.327 e. The van der Waals surface area contributed by atoms with Gasteiger partial charge in [0.15, 0.2) is 5.16 Å². The summed E-state index contributed by atoms with van der Waals surface area (Å²) < 4.78 is 0. The fourth-order valence-corrected chi connectivity index (χ4v) is 2.40. The highest BCUT2D eigenvalue weighted by Gasteiger charge is 2.19. The van der Waals surface area contributed by atoms with Gasteiger partial charge in [0.25, 0.3) is 0 Å². The lowest BCUT2D eigenvalue weighted by Crippen LogP contribution is -2.41. The molecule has 0 aromatic carbocycles. The van der Waals surface area contributed by atoms with Crippen molar-refractivity contribution in [2.24, 2.45) is 0 Å². The van der Waals surface area contributed by atoms with Gasteiger partial charge in [-0.2, -0.15) is 15.0 Å². The van der Waals surface area contributed by atoms with Crippen LogP contribution in [0.3, 0.4) is 0 Å². The standard InChI is InChI=1S/C13H22N6O3S/c1-5-14-11-17-12(15-7(2)3)19-13(18-11)23-6-9(10(21)22)16-8(4)20/h7,9H,5-6H2,1-4H3,(H,16,20)(H,21,22)(H2,14,15,17,18,19). The molecule has 0 aliphatic carbocycles. The maximum atomic E-state index is 11.1. The van der Waals surface area contributed by atoms with E-state index in [1.54, 1.807) is 0 Å². The van der Waals surface area contributed by atoms with E-state index in [1.165, 1.54) is 6.92 Å². The molecule has 128 valence electrons. The maximum Gasteiger partial charge on any atom is 0.327 e. The van der Waals surface area contributed by atoms with E-state index in [-0.39, 0.29) is 11.8 Å². The normalized spacial score (nSPS) is 11.9. The molecular formula is C13H22N6O3S. The van der Waals surface area contributed by atoms with Crippen LogP contribution in [0.4, 0.5) is 11.9 Å². The van der Waals surface area contributed by atoms with E-state index < -0.39 is 17.9 Å². The Morgan fingerprint density at radius 2 is 1.87 bits per heavy atom. The fraction of sp³-hybridized carbons (Fsp3) is 0.615. The van der Waals surface area contributed by atoms with E-state index in [0.717, 1.165) is 11.8 Å². The van der Waals surface area contributed by atoms with E-state index in [9.17, 15) is 9.59 Å². The molecule has 1 rings (SSSR count). The highest BCUT2D eigenvalue weighted by atomic mass is 32.2. The molecule has 23 heavy (non-hydrogen) atoms. The number of hydrogen-bond acceptors (Lipinski definition) is 8. The predicted molar refractivity (Wildman–Crippen MR) is 88.7 cm³/mol. The zero-order chi connectivity index (χ0) is 17.4. The van der Waals surface area contributed by atoms with Crippen molar-refractivity contribution in [1.82, 2.24) is 20.3 Å². The van der Waals surface area contributed by atoms with Crippen molar-refractivity contribution in [2.75, 3.05) is 22.9 Å². The Bertz CT molecular complexity index is 555. The number of carboxylic acid groups (broad SMARTS) is 1. The number of aromatic nitrogens is 3. The quantitative estimate of drug-likeness (QED) is 0.482. The third-order valence-electron chi connectivity index (χ3n) is 2.42. The van der Waals surface area contributed by atoms with Crippen molar-refractivity contribution < 1.29 is 14.7 Å². The Kier molecular flexibility index (Phi) is 7.52. The number of aliphatic carboxylic acids is 1. The molecule has 0 aliphatic rings. The Morgan fingerprint density at radius 3 is 2.39 bits per heavy atom. The average molecular weight is 342 g/mol. The number of nitrogens with one attached hydrogen (secondary N) is 3. The molecule has 1 aromatic heterocycles. The van der Waals surface area contributed by atoms with Gasteiger partial charge >= 0.3 is 5.97 Å². The Hall–Kier alpha value is -2.10. The largest absolute Gasteiger partial charge is 0.480 e. The fourth-order valence-electron chi connectivity index (χ4n) is 1.56. The molecule has 0 radical (unpaired) electrons. The molecule has 4 N–H and O–H groups in total. The monoisotopic (exact) mass is 342 g/mol. The van der Waals surface area contributed by atoms with Gasteiger partial charge in [-0.3, -0.25) is 4.79 Å². The van der Waals surface area contributed by atoms with Crippen LogP contribution in [0.5, 0.6) is 0 Å². The van der Waals surface area contributed by atoms with Crippen LogP contribution in [0.1, 0.15) is 27.7 Å². The zero-order valence-electron chi connectivity index (χ0n) is 13.6. The van der Waals surface area contributed by atoms with Crippen LogP contribution < -0.4 is 16.0 Å². The summed E-state index contributed by atoms with van der Waals surface area (Å²) in [5, 5.41) is 18.0. The highest BCUT2D eigenvalue weighted by Crippen LogP contribution is 2.18. The summed E-state index contributed by atoms with van der Waals surface area (Å²) in [7, 11) is 0. The Labute approximate surface area is 139 Å². The van der Waals surface area contributed by atoms with Crippen molar-refractivity contribution in [3.63, 3.8) is 0 Å². The summed E-state index contributed by atoms with van der Waals surface area (Å²) >= 11 is 1.14. The van der Waals surface area contributed by atoms with Gasteiger partial charge < -0.3 is 21.1 Å². The van der Waals surface area contributed by atoms with Crippen LogP contribution in [0.15, 0.2) is 5.16 Å². The molecule has 1 unspecified atom stereocenters. The van der Waals surface area contributed by atoms with E-state index in [0.29, 0.717) is 23.6 Å². The van der Waals surface area contributed by atoms with Gasteiger partial charge in [-0.15, -0.1) is 0 Å². The summed E-state index contributed by atoms with van der Waals surface area (Å²) in [4.78, 5) is 34.9. The van der Waals surface area contributed by atoms with Crippen LogP contribution in [0.2, 0.25) is 0 Å². The van der Waals surface area contributed by atoms with Crippen molar-refractivity contribution in [1.29, 1.82) is 0 Å². The molecule has 1 heterocycles. The van der Waals surface area contributed by atoms with E-state index in [4.69, 9.17) is 5.11 Å².